The van der Waals surface area contributed by atoms with E-state index in [1.807, 2.05) is 7.05 Å². The van der Waals surface area contributed by atoms with E-state index in [1.54, 1.807) is 11.0 Å². The zero-order chi connectivity index (χ0) is 12.2. The van der Waals surface area contributed by atoms with Crippen molar-refractivity contribution in [3.63, 3.8) is 0 Å². The second-order valence-electron chi connectivity index (χ2n) is 5.19. The molecule has 0 aromatic carbocycles. The van der Waals surface area contributed by atoms with E-state index in [0.29, 0.717) is 18.7 Å². The summed E-state index contributed by atoms with van der Waals surface area (Å²) < 4.78 is 7.17. The third kappa shape index (κ3) is 4.61. The second kappa shape index (κ2) is 5.30. The van der Waals surface area contributed by atoms with Gasteiger partial charge in [-0.05, 0) is 0 Å². The van der Waals surface area contributed by atoms with E-state index in [1.165, 1.54) is 0 Å². The van der Waals surface area contributed by atoms with Gasteiger partial charge < -0.3 is 10.1 Å². The predicted octanol–water partition coefficient (Wildman–Crippen LogP) is 1.22. The Morgan fingerprint density at radius 3 is 2.69 bits per heavy atom. The molecule has 0 unspecified atom stereocenters. The molecule has 0 saturated carbocycles. The van der Waals surface area contributed by atoms with Crippen molar-refractivity contribution < 1.29 is 4.74 Å². The van der Waals surface area contributed by atoms with E-state index >= 15 is 0 Å². The van der Waals surface area contributed by atoms with Crippen LogP contribution in [-0.4, -0.2) is 34.0 Å². The van der Waals surface area contributed by atoms with Gasteiger partial charge in [0, 0.05) is 25.0 Å². The molecule has 1 aromatic rings. The van der Waals surface area contributed by atoms with Gasteiger partial charge in [0.05, 0.1) is 6.61 Å². The minimum absolute atomic E-state index is 0.0729. The third-order valence-corrected chi connectivity index (χ3v) is 2.16. The molecule has 0 amide bonds. The van der Waals surface area contributed by atoms with E-state index < -0.39 is 0 Å². The van der Waals surface area contributed by atoms with Gasteiger partial charge >= 0.3 is 6.01 Å². The fourth-order valence-corrected chi connectivity index (χ4v) is 1.18. The quantitative estimate of drug-likeness (QED) is 0.792. The number of aromatic nitrogens is 3. The van der Waals surface area contributed by atoms with Crippen molar-refractivity contribution in [2.45, 2.75) is 33.7 Å². The highest BCUT2D eigenvalue weighted by Gasteiger charge is 2.19. The lowest BCUT2D eigenvalue weighted by atomic mass is 9.94. The number of aryl methyl sites for hydroxylation is 1. The molecule has 0 aliphatic heterocycles. The van der Waals surface area contributed by atoms with Crippen molar-refractivity contribution in [1.29, 1.82) is 0 Å². The van der Waals surface area contributed by atoms with E-state index in [2.05, 4.69) is 43.1 Å². The maximum absolute atomic E-state index is 5.54. The lowest BCUT2D eigenvalue weighted by molar-refractivity contribution is 0.162. The minimum Gasteiger partial charge on any atom is -0.462 e. The summed E-state index contributed by atoms with van der Waals surface area (Å²) in [6.07, 6.45) is 1.63. The molecule has 0 saturated heterocycles. The molecule has 0 atom stereocenters. The van der Waals surface area contributed by atoms with Gasteiger partial charge in [-0.25, -0.2) is 0 Å². The Morgan fingerprint density at radius 2 is 2.19 bits per heavy atom. The first-order valence-electron chi connectivity index (χ1n) is 5.61. The molecule has 5 heteroatoms. The first-order valence-corrected chi connectivity index (χ1v) is 5.61. The molecule has 0 spiro atoms. The van der Waals surface area contributed by atoms with Crippen molar-refractivity contribution in [1.82, 2.24) is 20.1 Å². The first-order chi connectivity index (χ1) is 7.39. The molecule has 0 fully saturated rings. The minimum atomic E-state index is 0.0729. The Kier molecular flexibility index (Phi) is 4.29. The highest BCUT2D eigenvalue weighted by Crippen LogP contribution is 2.15. The van der Waals surface area contributed by atoms with Crippen molar-refractivity contribution in [2.75, 3.05) is 13.2 Å². The van der Waals surface area contributed by atoms with Crippen LogP contribution in [0.3, 0.4) is 0 Å². The predicted molar refractivity (Wildman–Crippen MR) is 63.4 cm³/mol. The molecule has 16 heavy (non-hydrogen) atoms. The molecule has 0 aliphatic carbocycles. The summed E-state index contributed by atoms with van der Waals surface area (Å²) in [4.78, 5) is 4.02. The molecule has 0 bridgehead atoms. The normalized spacial score (nSPS) is 12.1. The average Bonchev–Trinajstić information content (AvgIpc) is 2.59. The van der Waals surface area contributed by atoms with Crippen molar-refractivity contribution in [3.05, 3.63) is 6.33 Å². The van der Waals surface area contributed by atoms with Gasteiger partial charge in [0.15, 0.2) is 0 Å². The van der Waals surface area contributed by atoms with Crippen molar-refractivity contribution >= 4 is 0 Å². The molecule has 1 N–H and O–H groups in total. The van der Waals surface area contributed by atoms with Crippen LogP contribution in [0.2, 0.25) is 0 Å². The van der Waals surface area contributed by atoms with Crippen LogP contribution in [0.15, 0.2) is 6.33 Å². The second-order valence-corrected chi connectivity index (χ2v) is 5.19. The Morgan fingerprint density at radius 1 is 1.50 bits per heavy atom. The molecule has 1 aromatic heterocycles. The van der Waals surface area contributed by atoms with E-state index in [0.717, 1.165) is 6.54 Å². The summed E-state index contributed by atoms with van der Waals surface area (Å²) in [5.41, 5.74) is 0.0729. The molecule has 1 heterocycles. The molecule has 0 aliphatic rings. The molecule has 0 radical (unpaired) electrons. The number of rotatable bonds is 6. The number of ether oxygens (including phenoxy) is 1. The van der Waals surface area contributed by atoms with Crippen LogP contribution in [0.25, 0.3) is 0 Å². The maximum Gasteiger partial charge on any atom is 0.335 e. The topological polar surface area (TPSA) is 52.0 Å². The summed E-state index contributed by atoms with van der Waals surface area (Å²) in [5.74, 6) is 0. The summed E-state index contributed by atoms with van der Waals surface area (Å²) in [7, 11) is 1.82. The zero-order valence-corrected chi connectivity index (χ0v) is 10.8. The van der Waals surface area contributed by atoms with Gasteiger partial charge in [-0.1, -0.05) is 27.7 Å². The summed E-state index contributed by atoms with van der Waals surface area (Å²) in [6, 6.07) is 0.937. The van der Waals surface area contributed by atoms with Gasteiger partial charge in [0.2, 0.25) is 0 Å². The number of hydrogen-bond donors (Lipinski definition) is 1. The van der Waals surface area contributed by atoms with Crippen LogP contribution in [0.1, 0.15) is 27.7 Å². The Hall–Kier alpha value is -1.10. The lowest BCUT2D eigenvalue weighted by Crippen LogP contribution is -2.37. The Labute approximate surface area is 97.2 Å². The van der Waals surface area contributed by atoms with Crippen LogP contribution in [0.5, 0.6) is 6.01 Å². The number of nitrogens with one attached hydrogen (secondary N) is 1. The average molecular weight is 226 g/mol. The largest absolute Gasteiger partial charge is 0.462 e. The van der Waals surface area contributed by atoms with Gasteiger partial charge in [0.1, 0.15) is 6.33 Å². The van der Waals surface area contributed by atoms with Crippen LogP contribution in [0.4, 0.5) is 0 Å². The first kappa shape index (κ1) is 13.0. The zero-order valence-electron chi connectivity index (χ0n) is 10.8. The van der Waals surface area contributed by atoms with E-state index in [4.69, 9.17) is 4.74 Å². The smallest absolute Gasteiger partial charge is 0.335 e. The molecule has 1 rings (SSSR count). The highest BCUT2D eigenvalue weighted by atomic mass is 16.5. The van der Waals surface area contributed by atoms with Gasteiger partial charge in [-0.3, -0.25) is 4.68 Å². The summed E-state index contributed by atoms with van der Waals surface area (Å²) >= 11 is 0. The van der Waals surface area contributed by atoms with Crippen molar-refractivity contribution in [2.24, 2.45) is 12.5 Å². The maximum atomic E-state index is 5.54. The summed E-state index contributed by atoms with van der Waals surface area (Å²) in [5, 5.41) is 7.47. The van der Waals surface area contributed by atoms with E-state index in [9.17, 15) is 0 Å². The van der Waals surface area contributed by atoms with Crippen LogP contribution in [-0.2, 0) is 7.05 Å². The molecule has 92 valence electrons. The summed E-state index contributed by atoms with van der Waals surface area (Å²) in [6.45, 7) is 10.1. The van der Waals surface area contributed by atoms with Gasteiger partial charge in [-0.15, -0.1) is 5.10 Å². The fraction of sp³-hybridized carbons (Fsp3) is 0.818. The van der Waals surface area contributed by atoms with Gasteiger partial charge in [0.25, 0.3) is 0 Å². The highest BCUT2D eigenvalue weighted by molar-refractivity contribution is 4.88. The third-order valence-electron chi connectivity index (χ3n) is 2.16. The van der Waals surface area contributed by atoms with E-state index in [-0.39, 0.29) is 5.41 Å². The molecular formula is C11H22N4O. The Balaban J connectivity index is 2.35. The monoisotopic (exact) mass is 226 g/mol. The van der Waals surface area contributed by atoms with Gasteiger partial charge in [-0.2, -0.15) is 4.98 Å². The fourth-order valence-electron chi connectivity index (χ4n) is 1.18. The Bertz CT molecular complexity index is 320. The molecular weight excluding hydrogens is 204 g/mol. The van der Waals surface area contributed by atoms with Crippen LogP contribution in [0, 0.1) is 5.41 Å². The SMILES string of the molecule is CC(C)NCC(C)(C)COc1ncn(C)n1. The van der Waals surface area contributed by atoms with Crippen LogP contribution >= 0.6 is 0 Å². The number of nitrogens with zero attached hydrogens (tertiary/aromatic N) is 3. The molecule has 5 nitrogen and oxygen atoms in total. The van der Waals surface area contributed by atoms with Crippen LogP contribution < -0.4 is 10.1 Å². The lowest BCUT2D eigenvalue weighted by Gasteiger charge is -2.25. The number of hydrogen-bond acceptors (Lipinski definition) is 4. The standard InChI is InChI=1S/C11H22N4O/c1-9(2)12-6-11(3,4)7-16-10-13-8-15(5)14-10/h8-9,12H,6-7H2,1-5H3. The van der Waals surface area contributed by atoms with Crippen molar-refractivity contribution in [3.8, 4) is 6.01 Å².